The number of aliphatic hydroxyl groups excluding tert-OH is 1. The summed E-state index contributed by atoms with van der Waals surface area (Å²) in [6, 6.07) is 8.69. The zero-order chi connectivity index (χ0) is 14.7. The van der Waals surface area contributed by atoms with E-state index in [4.69, 9.17) is 4.42 Å². The molecular weight excluding hydrogens is 262 g/mol. The Kier molecular flexibility index (Phi) is 4.61. The summed E-state index contributed by atoms with van der Waals surface area (Å²) < 4.78 is 5.95. The Morgan fingerprint density at radius 1 is 1.24 bits per heavy atom. The maximum Gasteiger partial charge on any atom is 0.134 e. The third kappa shape index (κ3) is 2.99. The fraction of sp³-hybridized carbons (Fsp3) is 0.556. The van der Waals surface area contributed by atoms with Crippen molar-refractivity contribution in [3.05, 3.63) is 35.6 Å². The first-order valence-electron chi connectivity index (χ1n) is 8.17. The maximum absolute atomic E-state index is 9.53. The molecule has 0 aliphatic heterocycles. The van der Waals surface area contributed by atoms with Crippen molar-refractivity contribution >= 4 is 11.0 Å². The second-order valence-electron chi connectivity index (χ2n) is 6.07. The average molecular weight is 287 g/mol. The number of aryl methyl sites for hydroxylation is 1. The van der Waals surface area contributed by atoms with Gasteiger partial charge in [0.05, 0.1) is 0 Å². The van der Waals surface area contributed by atoms with Crippen LogP contribution in [0.3, 0.4) is 0 Å². The number of rotatable bonds is 5. The van der Waals surface area contributed by atoms with E-state index >= 15 is 0 Å². The largest absolute Gasteiger partial charge is 0.461 e. The van der Waals surface area contributed by atoms with Gasteiger partial charge in [-0.25, -0.2) is 0 Å². The molecule has 3 nitrogen and oxygen atoms in total. The van der Waals surface area contributed by atoms with Crippen LogP contribution >= 0.6 is 0 Å². The first kappa shape index (κ1) is 14.6. The maximum atomic E-state index is 9.53. The first-order chi connectivity index (χ1) is 10.3. The highest BCUT2D eigenvalue weighted by Gasteiger charge is 2.24. The molecule has 1 aliphatic carbocycles. The predicted molar refractivity (Wildman–Crippen MR) is 85.3 cm³/mol. The normalized spacial score (nSPS) is 22.8. The highest BCUT2D eigenvalue weighted by Crippen LogP contribution is 2.28. The highest BCUT2D eigenvalue weighted by molar-refractivity contribution is 5.82. The smallest absolute Gasteiger partial charge is 0.134 e. The number of benzene rings is 1. The van der Waals surface area contributed by atoms with Crippen molar-refractivity contribution in [2.45, 2.75) is 51.6 Å². The fourth-order valence-electron chi connectivity index (χ4n) is 3.56. The number of para-hydroxylation sites is 1. The number of nitrogens with one attached hydrogen (secondary N) is 1. The minimum atomic E-state index is 0.296. The van der Waals surface area contributed by atoms with Crippen molar-refractivity contribution < 1.29 is 9.52 Å². The molecule has 2 N–H and O–H groups in total. The summed E-state index contributed by atoms with van der Waals surface area (Å²) in [5.74, 6) is 1.49. The molecule has 0 amide bonds. The van der Waals surface area contributed by atoms with Crippen molar-refractivity contribution in [1.29, 1.82) is 0 Å². The summed E-state index contributed by atoms with van der Waals surface area (Å²) in [6.45, 7) is 3.27. The molecule has 0 spiro atoms. The standard InChI is InChI=1S/C18H25NO2/c1-2-17-15(14-8-4-6-10-18(14)21-17)11-19-16-9-5-3-7-13(16)12-20/h4,6,8,10,13,16,19-20H,2-3,5,7,9,11-12H2,1H3. The summed E-state index contributed by atoms with van der Waals surface area (Å²) in [5, 5.41) is 14.4. The van der Waals surface area contributed by atoms with Crippen molar-refractivity contribution in [3.8, 4) is 0 Å². The third-order valence-corrected chi connectivity index (χ3v) is 4.79. The van der Waals surface area contributed by atoms with Gasteiger partial charge >= 0.3 is 0 Å². The molecule has 1 aromatic heterocycles. The van der Waals surface area contributed by atoms with Crippen LogP contribution in [0.2, 0.25) is 0 Å². The Morgan fingerprint density at radius 2 is 2.05 bits per heavy atom. The number of furan rings is 1. The summed E-state index contributed by atoms with van der Waals surface area (Å²) >= 11 is 0. The third-order valence-electron chi connectivity index (χ3n) is 4.79. The van der Waals surface area contributed by atoms with E-state index in [1.807, 2.05) is 12.1 Å². The van der Waals surface area contributed by atoms with Crippen LogP contribution in [0.4, 0.5) is 0 Å². The Morgan fingerprint density at radius 3 is 2.86 bits per heavy atom. The van der Waals surface area contributed by atoms with Crippen LogP contribution in [0.1, 0.15) is 43.9 Å². The summed E-state index contributed by atoms with van der Waals surface area (Å²) in [4.78, 5) is 0. The predicted octanol–water partition coefficient (Wildman–Crippen LogP) is 3.64. The van der Waals surface area contributed by atoms with E-state index in [0.29, 0.717) is 18.6 Å². The molecule has 3 heteroatoms. The average Bonchev–Trinajstić information content (AvgIpc) is 2.91. The number of fused-ring (bicyclic) bond motifs is 1. The Labute approximate surface area is 126 Å². The lowest BCUT2D eigenvalue weighted by Gasteiger charge is -2.31. The Hall–Kier alpha value is -1.32. The number of hydrogen-bond acceptors (Lipinski definition) is 3. The van der Waals surface area contributed by atoms with Crippen molar-refractivity contribution in [1.82, 2.24) is 5.32 Å². The quantitative estimate of drug-likeness (QED) is 0.882. The lowest BCUT2D eigenvalue weighted by Crippen LogP contribution is -2.39. The minimum absolute atomic E-state index is 0.296. The van der Waals surface area contributed by atoms with Gasteiger partial charge in [0.15, 0.2) is 0 Å². The van der Waals surface area contributed by atoms with Gasteiger partial charge < -0.3 is 14.8 Å². The Balaban J connectivity index is 1.78. The van der Waals surface area contributed by atoms with E-state index in [1.54, 1.807) is 0 Å². The zero-order valence-corrected chi connectivity index (χ0v) is 12.8. The molecule has 1 heterocycles. The van der Waals surface area contributed by atoms with E-state index in [2.05, 4.69) is 24.4 Å². The highest BCUT2D eigenvalue weighted by atomic mass is 16.3. The van der Waals surface area contributed by atoms with Gasteiger partial charge in [0.1, 0.15) is 11.3 Å². The SMILES string of the molecule is CCc1oc2ccccc2c1CNC1CCCCC1CO. The summed E-state index contributed by atoms with van der Waals surface area (Å²) in [5.41, 5.74) is 2.27. The Bertz CT molecular complexity index is 590. The molecule has 114 valence electrons. The van der Waals surface area contributed by atoms with Gasteiger partial charge in [-0.05, 0) is 24.8 Å². The van der Waals surface area contributed by atoms with Gasteiger partial charge in [-0.3, -0.25) is 0 Å². The van der Waals surface area contributed by atoms with Gasteiger partial charge in [-0.15, -0.1) is 0 Å². The fourth-order valence-corrected chi connectivity index (χ4v) is 3.56. The molecule has 3 rings (SSSR count). The molecule has 0 radical (unpaired) electrons. The lowest BCUT2D eigenvalue weighted by atomic mass is 9.85. The zero-order valence-electron chi connectivity index (χ0n) is 12.8. The van der Waals surface area contributed by atoms with Crippen LogP contribution in [-0.4, -0.2) is 17.8 Å². The van der Waals surface area contributed by atoms with Gasteiger partial charge in [0.2, 0.25) is 0 Å². The second kappa shape index (κ2) is 6.63. The number of aliphatic hydroxyl groups is 1. The monoisotopic (exact) mass is 287 g/mol. The molecule has 2 aromatic rings. The molecule has 2 unspecified atom stereocenters. The van der Waals surface area contributed by atoms with E-state index in [0.717, 1.165) is 30.7 Å². The van der Waals surface area contributed by atoms with Crippen LogP contribution in [-0.2, 0) is 13.0 Å². The van der Waals surface area contributed by atoms with Crippen LogP contribution in [0.15, 0.2) is 28.7 Å². The molecular formula is C18H25NO2. The van der Waals surface area contributed by atoms with Crippen LogP contribution in [0.5, 0.6) is 0 Å². The van der Waals surface area contributed by atoms with Crippen LogP contribution < -0.4 is 5.32 Å². The molecule has 0 bridgehead atoms. The minimum Gasteiger partial charge on any atom is -0.461 e. The van der Waals surface area contributed by atoms with Gasteiger partial charge in [0, 0.05) is 36.6 Å². The van der Waals surface area contributed by atoms with Gasteiger partial charge in [-0.1, -0.05) is 38.0 Å². The van der Waals surface area contributed by atoms with E-state index < -0.39 is 0 Å². The van der Waals surface area contributed by atoms with Crippen molar-refractivity contribution in [3.63, 3.8) is 0 Å². The summed E-state index contributed by atoms with van der Waals surface area (Å²) in [7, 11) is 0. The topological polar surface area (TPSA) is 45.4 Å². The second-order valence-corrected chi connectivity index (χ2v) is 6.07. The van der Waals surface area contributed by atoms with Crippen LogP contribution in [0, 0.1) is 5.92 Å². The molecule has 1 fully saturated rings. The number of hydrogen-bond donors (Lipinski definition) is 2. The molecule has 1 aliphatic rings. The molecule has 0 saturated heterocycles. The van der Waals surface area contributed by atoms with E-state index in [1.165, 1.54) is 30.2 Å². The molecule has 21 heavy (non-hydrogen) atoms. The van der Waals surface area contributed by atoms with Crippen LogP contribution in [0.25, 0.3) is 11.0 Å². The van der Waals surface area contributed by atoms with Gasteiger partial charge in [0.25, 0.3) is 0 Å². The summed E-state index contributed by atoms with van der Waals surface area (Å²) in [6.07, 6.45) is 5.74. The van der Waals surface area contributed by atoms with E-state index in [-0.39, 0.29) is 0 Å². The van der Waals surface area contributed by atoms with Crippen molar-refractivity contribution in [2.24, 2.45) is 5.92 Å². The van der Waals surface area contributed by atoms with Crippen molar-refractivity contribution in [2.75, 3.05) is 6.61 Å². The molecule has 2 atom stereocenters. The molecule has 1 saturated carbocycles. The van der Waals surface area contributed by atoms with E-state index in [9.17, 15) is 5.11 Å². The molecule has 1 aromatic carbocycles. The van der Waals surface area contributed by atoms with Gasteiger partial charge in [-0.2, -0.15) is 0 Å². The first-order valence-corrected chi connectivity index (χ1v) is 8.17. The lowest BCUT2D eigenvalue weighted by molar-refractivity contribution is 0.152.